The molecule has 0 rings (SSSR count). The molecule has 0 aliphatic heterocycles. The maximum absolute atomic E-state index is 12.9. The third kappa shape index (κ3) is 65.4. The lowest BCUT2D eigenvalue weighted by atomic mass is 10.0. The van der Waals surface area contributed by atoms with Crippen LogP contribution in [0.3, 0.4) is 0 Å². The SMILES string of the molecule is CC/C=C\C/C=C\C/C=C\C/C=C\C/C=C\C/C=C\CCCCCCCCCCCCCCCCCCC(=O)OCC(COC(=O)CCCCCCCCCCCCC)OC(=O)CCCCCCC/C=C\CCCCCCCCC. The average molecular weight is 1120 g/mol. The summed E-state index contributed by atoms with van der Waals surface area (Å²) in [6.45, 7) is 6.55. The van der Waals surface area contributed by atoms with Crippen molar-refractivity contribution < 1.29 is 28.6 Å². The molecule has 0 heterocycles. The maximum Gasteiger partial charge on any atom is 0.306 e. The first kappa shape index (κ1) is 76.6. The van der Waals surface area contributed by atoms with E-state index >= 15 is 0 Å². The van der Waals surface area contributed by atoms with E-state index in [1.54, 1.807) is 0 Å². The van der Waals surface area contributed by atoms with E-state index in [9.17, 15) is 14.4 Å². The molecule has 0 aromatic rings. The minimum absolute atomic E-state index is 0.0737. The van der Waals surface area contributed by atoms with E-state index < -0.39 is 6.10 Å². The predicted octanol–water partition coefficient (Wildman–Crippen LogP) is 23.8. The molecule has 0 aromatic heterocycles. The average Bonchev–Trinajstić information content (AvgIpc) is 3.46. The molecule has 0 aromatic carbocycles. The summed E-state index contributed by atoms with van der Waals surface area (Å²) in [5.41, 5.74) is 0. The van der Waals surface area contributed by atoms with Crippen LogP contribution in [-0.4, -0.2) is 37.2 Å². The summed E-state index contributed by atoms with van der Waals surface area (Å²) < 4.78 is 16.9. The largest absolute Gasteiger partial charge is 0.462 e. The molecular formula is C74H130O6. The van der Waals surface area contributed by atoms with Crippen LogP contribution < -0.4 is 0 Å². The summed E-state index contributed by atoms with van der Waals surface area (Å²) in [6.07, 6.45) is 90.5. The van der Waals surface area contributed by atoms with Crippen LogP contribution in [0.15, 0.2) is 85.1 Å². The lowest BCUT2D eigenvalue weighted by Gasteiger charge is -2.18. The first-order valence-corrected chi connectivity index (χ1v) is 34.6. The highest BCUT2D eigenvalue weighted by molar-refractivity contribution is 5.71. The van der Waals surface area contributed by atoms with Gasteiger partial charge in [0.15, 0.2) is 6.10 Å². The van der Waals surface area contributed by atoms with E-state index in [1.165, 1.54) is 205 Å². The highest BCUT2D eigenvalue weighted by atomic mass is 16.6. The summed E-state index contributed by atoms with van der Waals surface area (Å²) in [4.78, 5) is 38.3. The van der Waals surface area contributed by atoms with Crippen molar-refractivity contribution in [2.24, 2.45) is 0 Å². The van der Waals surface area contributed by atoms with E-state index in [2.05, 4.69) is 106 Å². The number of unbranched alkanes of at least 4 members (excludes halogenated alkanes) is 38. The van der Waals surface area contributed by atoms with Gasteiger partial charge in [-0.05, 0) is 96.3 Å². The highest BCUT2D eigenvalue weighted by Gasteiger charge is 2.19. The minimum Gasteiger partial charge on any atom is -0.462 e. The van der Waals surface area contributed by atoms with Crippen LogP contribution in [0.4, 0.5) is 0 Å². The van der Waals surface area contributed by atoms with Gasteiger partial charge >= 0.3 is 17.9 Å². The number of ether oxygens (including phenoxy) is 3. The fraction of sp³-hybridized carbons (Fsp3) is 0.770. The smallest absolute Gasteiger partial charge is 0.306 e. The Morgan fingerprint density at radius 2 is 0.487 bits per heavy atom. The zero-order chi connectivity index (χ0) is 57.8. The van der Waals surface area contributed by atoms with Crippen molar-refractivity contribution in [3.05, 3.63) is 85.1 Å². The normalized spacial score (nSPS) is 12.6. The second-order valence-corrected chi connectivity index (χ2v) is 23.1. The fourth-order valence-electron chi connectivity index (χ4n) is 9.97. The molecule has 80 heavy (non-hydrogen) atoms. The number of esters is 3. The van der Waals surface area contributed by atoms with Gasteiger partial charge in [0.25, 0.3) is 0 Å². The van der Waals surface area contributed by atoms with Gasteiger partial charge in [-0.15, -0.1) is 0 Å². The van der Waals surface area contributed by atoms with Gasteiger partial charge in [-0.1, -0.05) is 318 Å². The van der Waals surface area contributed by atoms with Crippen LogP contribution >= 0.6 is 0 Å². The van der Waals surface area contributed by atoms with Gasteiger partial charge in [-0.3, -0.25) is 14.4 Å². The minimum atomic E-state index is -0.777. The van der Waals surface area contributed by atoms with Crippen molar-refractivity contribution >= 4 is 17.9 Å². The molecule has 462 valence electrons. The molecule has 0 radical (unpaired) electrons. The molecular weight excluding hydrogens is 985 g/mol. The molecule has 1 unspecified atom stereocenters. The summed E-state index contributed by atoms with van der Waals surface area (Å²) in [5.74, 6) is -0.865. The Morgan fingerprint density at radius 1 is 0.263 bits per heavy atom. The van der Waals surface area contributed by atoms with Gasteiger partial charge in [0.05, 0.1) is 0 Å². The van der Waals surface area contributed by atoms with Gasteiger partial charge in [-0.2, -0.15) is 0 Å². The zero-order valence-corrected chi connectivity index (χ0v) is 53.1. The van der Waals surface area contributed by atoms with Crippen molar-refractivity contribution in [2.75, 3.05) is 13.2 Å². The Balaban J connectivity index is 4.10. The van der Waals surface area contributed by atoms with Crippen molar-refractivity contribution in [2.45, 2.75) is 354 Å². The van der Waals surface area contributed by atoms with Crippen LogP contribution in [0, 0.1) is 0 Å². The molecule has 0 saturated carbocycles. The van der Waals surface area contributed by atoms with Gasteiger partial charge in [-0.25, -0.2) is 0 Å². The van der Waals surface area contributed by atoms with Crippen molar-refractivity contribution in [3.8, 4) is 0 Å². The molecule has 0 N–H and O–H groups in total. The highest BCUT2D eigenvalue weighted by Crippen LogP contribution is 2.17. The Labute approximate surface area is 496 Å². The first-order chi connectivity index (χ1) is 39.5. The van der Waals surface area contributed by atoms with Crippen LogP contribution in [-0.2, 0) is 28.6 Å². The van der Waals surface area contributed by atoms with Gasteiger partial charge < -0.3 is 14.2 Å². The number of allylic oxidation sites excluding steroid dienone is 14. The van der Waals surface area contributed by atoms with E-state index in [0.717, 1.165) is 103 Å². The van der Waals surface area contributed by atoms with Crippen molar-refractivity contribution in [3.63, 3.8) is 0 Å². The van der Waals surface area contributed by atoms with Crippen LogP contribution in [0.5, 0.6) is 0 Å². The molecule has 0 saturated heterocycles. The van der Waals surface area contributed by atoms with E-state index in [-0.39, 0.29) is 31.1 Å². The summed E-state index contributed by atoms with van der Waals surface area (Å²) in [6, 6.07) is 0. The Bertz CT molecular complexity index is 1520. The second-order valence-electron chi connectivity index (χ2n) is 23.1. The van der Waals surface area contributed by atoms with Crippen LogP contribution in [0.25, 0.3) is 0 Å². The molecule has 0 spiro atoms. The molecule has 0 aliphatic rings. The predicted molar refractivity (Wildman–Crippen MR) is 348 cm³/mol. The number of carbonyl (C=O) groups excluding carboxylic acids is 3. The number of hydrogen-bond donors (Lipinski definition) is 0. The Kier molecular flexibility index (Phi) is 65.2. The maximum atomic E-state index is 12.9. The summed E-state index contributed by atoms with van der Waals surface area (Å²) in [5, 5.41) is 0. The summed E-state index contributed by atoms with van der Waals surface area (Å²) in [7, 11) is 0. The van der Waals surface area contributed by atoms with E-state index in [1.807, 2.05) is 0 Å². The standard InChI is InChI=1S/C74H130O6/c1-4-7-10-13-16-19-22-24-26-28-29-30-31-32-33-34-35-36-37-38-39-40-41-42-43-44-45-46-48-49-52-55-58-61-64-67-73(76)79-70-71(69-78-72(75)66-63-60-57-54-51-21-18-15-12-9-6-3)80-74(77)68-65-62-59-56-53-50-47-27-25-23-20-17-14-11-8-5-2/h7,10,16,19,24,26-27,29-30,32-33,35-36,47,71H,4-6,8-9,11-15,17-18,20-23,25,28,31,34,37-46,48-70H2,1-3H3/b10-7-,19-16-,26-24-,30-29-,33-32-,36-35-,47-27-. The van der Waals surface area contributed by atoms with Gasteiger partial charge in [0.1, 0.15) is 13.2 Å². The Morgan fingerprint density at radius 3 is 0.775 bits per heavy atom. The van der Waals surface area contributed by atoms with Crippen LogP contribution in [0.1, 0.15) is 348 Å². The lowest BCUT2D eigenvalue weighted by Crippen LogP contribution is -2.30. The Hall–Kier alpha value is -3.41. The topological polar surface area (TPSA) is 78.9 Å². The van der Waals surface area contributed by atoms with Crippen molar-refractivity contribution in [1.29, 1.82) is 0 Å². The van der Waals surface area contributed by atoms with Gasteiger partial charge in [0.2, 0.25) is 0 Å². The lowest BCUT2D eigenvalue weighted by molar-refractivity contribution is -0.167. The monoisotopic (exact) mass is 1110 g/mol. The molecule has 0 amide bonds. The molecule has 0 bridgehead atoms. The van der Waals surface area contributed by atoms with Crippen molar-refractivity contribution in [1.82, 2.24) is 0 Å². The third-order valence-corrected chi connectivity index (χ3v) is 15.1. The molecule has 6 nitrogen and oxygen atoms in total. The zero-order valence-electron chi connectivity index (χ0n) is 53.1. The quantitative estimate of drug-likeness (QED) is 0.0261. The van der Waals surface area contributed by atoms with E-state index in [4.69, 9.17) is 14.2 Å². The van der Waals surface area contributed by atoms with Gasteiger partial charge in [0, 0.05) is 19.3 Å². The summed E-state index contributed by atoms with van der Waals surface area (Å²) >= 11 is 0. The molecule has 1 atom stereocenters. The number of hydrogen-bond acceptors (Lipinski definition) is 6. The fourth-order valence-corrected chi connectivity index (χ4v) is 9.97. The van der Waals surface area contributed by atoms with E-state index in [0.29, 0.717) is 19.3 Å². The number of carbonyl (C=O) groups is 3. The molecule has 6 heteroatoms. The third-order valence-electron chi connectivity index (χ3n) is 15.1. The molecule has 0 aliphatic carbocycles. The molecule has 0 fully saturated rings. The first-order valence-electron chi connectivity index (χ1n) is 34.6. The van der Waals surface area contributed by atoms with Crippen LogP contribution in [0.2, 0.25) is 0 Å². The second kappa shape index (κ2) is 68.1. The number of rotatable bonds is 63.